The zero-order chi connectivity index (χ0) is 40.2. The number of aromatic nitrogens is 2. The minimum absolute atomic E-state index is 0.0840. The predicted molar refractivity (Wildman–Crippen MR) is 167 cm³/mol. The lowest BCUT2D eigenvalue weighted by Gasteiger charge is -2.42. The van der Waals surface area contributed by atoms with Gasteiger partial charge in [0.25, 0.3) is 0 Å². The van der Waals surface area contributed by atoms with Crippen molar-refractivity contribution in [1.82, 2.24) is 20.6 Å². The molecule has 0 bridgehead atoms. The molecular formula is C32H33F10N5O6. The normalized spacial score (nSPS) is 14.2. The van der Waals surface area contributed by atoms with Gasteiger partial charge in [0, 0.05) is 38.6 Å². The summed E-state index contributed by atoms with van der Waals surface area (Å²) in [5.74, 6) is -6.16. The third kappa shape index (κ3) is 12.5. The maximum atomic E-state index is 14.7. The van der Waals surface area contributed by atoms with Gasteiger partial charge in [0.15, 0.2) is 0 Å². The van der Waals surface area contributed by atoms with Crippen LogP contribution in [0, 0.1) is 5.82 Å². The van der Waals surface area contributed by atoms with E-state index in [1.165, 1.54) is 0 Å². The molecule has 0 spiro atoms. The van der Waals surface area contributed by atoms with Gasteiger partial charge in [-0.05, 0) is 68.8 Å². The minimum Gasteiger partial charge on any atom is -0.477 e. The molecule has 0 atom stereocenters. The molecule has 1 fully saturated rings. The van der Waals surface area contributed by atoms with Gasteiger partial charge in [0.05, 0.1) is 34.5 Å². The first-order valence-corrected chi connectivity index (χ1v) is 15.3. The molecule has 0 radical (unpaired) electrons. The second-order valence-corrected chi connectivity index (χ2v) is 10.9. The average Bonchev–Trinajstić information content (AvgIpc) is 3.08. The fraction of sp³-hybridized carbons (Fsp3) is 0.406. The van der Waals surface area contributed by atoms with Crippen molar-refractivity contribution in [2.75, 3.05) is 44.7 Å². The van der Waals surface area contributed by atoms with Crippen LogP contribution in [0.15, 0.2) is 54.9 Å². The number of ether oxygens (including phenoxy) is 1. The highest BCUT2D eigenvalue weighted by Gasteiger charge is 2.44. The number of carbonyl (C=O) groups is 3. The van der Waals surface area contributed by atoms with E-state index in [1.807, 2.05) is 25.1 Å². The molecule has 4 N–H and O–H groups in total. The number of piperidine rings is 1. The number of hydrogen-bond acceptors (Lipinski definition) is 8. The molecule has 1 aliphatic rings. The van der Waals surface area contributed by atoms with E-state index in [1.54, 1.807) is 30.4 Å². The summed E-state index contributed by atoms with van der Waals surface area (Å²) in [4.78, 5) is 41.9. The molecule has 1 saturated heterocycles. The number of hydrogen-bond donors (Lipinski definition) is 4. The minimum atomic E-state index is -5.08. The predicted octanol–water partition coefficient (Wildman–Crippen LogP) is 5.84. The standard InChI is InChI=1S/C28H31F4N5O2.2C2HF3O2/c1-3-39-25-21(5-4-12-34-25)23-8-6-20(18-36-23)27(26(38)35-14-13-33-2)10-15-37(16-11-27)24-9-7-19(17-22(24)29)28(30,31)32;2*3-2(4,5)1(6)7/h4-9,12,17-18,33H,3,10-11,13-16H2,1-2H3,(H,35,38);2*(H,6,7). The van der Waals surface area contributed by atoms with Crippen LogP contribution < -0.4 is 20.3 Å². The van der Waals surface area contributed by atoms with E-state index < -0.39 is 47.3 Å². The van der Waals surface area contributed by atoms with Crippen LogP contribution in [-0.4, -0.2) is 90.2 Å². The Bertz CT molecular complexity index is 1650. The maximum Gasteiger partial charge on any atom is 0.490 e. The van der Waals surface area contributed by atoms with Crippen molar-refractivity contribution < 1.29 is 73.2 Å². The van der Waals surface area contributed by atoms with Crippen molar-refractivity contribution in [1.29, 1.82) is 0 Å². The Hall–Kier alpha value is -5.21. The smallest absolute Gasteiger partial charge is 0.477 e. The van der Waals surface area contributed by atoms with E-state index in [0.717, 1.165) is 17.7 Å². The van der Waals surface area contributed by atoms with Gasteiger partial charge in [-0.3, -0.25) is 9.78 Å². The molecule has 1 aromatic carbocycles. The zero-order valence-electron chi connectivity index (χ0n) is 27.8. The largest absolute Gasteiger partial charge is 0.490 e. The number of amides is 1. The number of carboxylic acid groups (broad SMARTS) is 2. The number of halogens is 10. The summed E-state index contributed by atoms with van der Waals surface area (Å²) in [5.41, 5.74) is 0.196. The number of carboxylic acids is 2. The van der Waals surface area contributed by atoms with Gasteiger partial charge in [-0.25, -0.2) is 19.0 Å². The van der Waals surface area contributed by atoms with Crippen molar-refractivity contribution in [3.8, 4) is 17.1 Å². The number of nitrogens with zero attached hydrogens (tertiary/aromatic N) is 3. The molecular weight excluding hydrogens is 740 g/mol. The molecule has 1 amide bonds. The van der Waals surface area contributed by atoms with Gasteiger partial charge >= 0.3 is 30.5 Å². The molecule has 292 valence electrons. The van der Waals surface area contributed by atoms with Crippen LogP contribution in [-0.2, 0) is 26.0 Å². The van der Waals surface area contributed by atoms with Crippen molar-refractivity contribution in [3.63, 3.8) is 0 Å². The molecule has 3 aromatic rings. The lowest BCUT2D eigenvalue weighted by molar-refractivity contribution is -0.193. The van der Waals surface area contributed by atoms with E-state index in [4.69, 9.17) is 24.5 Å². The summed E-state index contributed by atoms with van der Waals surface area (Å²) in [6.07, 6.45) is -10.8. The van der Waals surface area contributed by atoms with Gasteiger partial charge in [-0.2, -0.15) is 39.5 Å². The zero-order valence-corrected chi connectivity index (χ0v) is 27.8. The lowest BCUT2D eigenvalue weighted by atomic mass is 9.72. The van der Waals surface area contributed by atoms with Gasteiger partial charge in [0.1, 0.15) is 5.82 Å². The summed E-state index contributed by atoms with van der Waals surface area (Å²) in [6, 6.07) is 9.87. The Balaban J connectivity index is 0.000000587. The van der Waals surface area contributed by atoms with E-state index in [0.29, 0.717) is 55.7 Å². The summed E-state index contributed by atoms with van der Waals surface area (Å²) >= 11 is 0. The van der Waals surface area contributed by atoms with Crippen LogP contribution in [0.5, 0.6) is 5.88 Å². The Labute approximate surface area is 295 Å². The molecule has 2 aromatic heterocycles. The van der Waals surface area contributed by atoms with Crippen LogP contribution in [0.2, 0.25) is 0 Å². The topological polar surface area (TPSA) is 154 Å². The SMILES string of the molecule is CCOc1ncccc1-c1ccc(C2(C(=O)NCCNC)CCN(c3ccc(C(F)(F)F)cc3F)CC2)cn1.O=C(O)C(F)(F)F.O=C(O)C(F)(F)F. The Kier molecular flexibility index (Phi) is 15.4. The second-order valence-electron chi connectivity index (χ2n) is 10.9. The molecule has 11 nitrogen and oxygen atoms in total. The Morgan fingerprint density at radius 3 is 1.92 bits per heavy atom. The molecule has 4 rings (SSSR count). The quantitative estimate of drug-likeness (QED) is 0.154. The first kappa shape index (κ1) is 44.0. The summed E-state index contributed by atoms with van der Waals surface area (Å²) in [7, 11) is 1.79. The first-order chi connectivity index (χ1) is 24.6. The number of likely N-dealkylation sites (N-methyl/N-ethyl adjacent to an activating group) is 1. The Morgan fingerprint density at radius 1 is 0.887 bits per heavy atom. The third-order valence-electron chi connectivity index (χ3n) is 7.46. The lowest BCUT2D eigenvalue weighted by Crippen LogP contribution is -2.52. The average molecular weight is 774 g/mol. The maximum absolute atomic E-state index is 14.7. The van der Waals surface area contributed by atoms with Crippen LogP contribution in [0.25, 0.3) is 11.3 Å². The van der Waals surface area contributed by atoms with Crippen molar-refractivity contribution in [2.45, 2.75) is 43.7 Å². The monoisotopic (exact) mass is 773 g/mol. The molecule has 0 unspecified atom stereocenters. The van der Waals surface area contributed by atoms with E-state index in [-0.39, 0.29) is 24.7 Å². The van der Waals surface area contributed by atoms with Crippen molar-refractivity contribution >= 4 is 23.5 Å². The van der Waals surface area contributed by atoms with Crippen LogP contribution in [0.4, 0.5) is 49.6 Å². The van der Waals surface area contributed by atoms with Gasteiger partial charge in [-0.15, -0.1) is 0 Å². The molecule has 21 heteroatoms. The van der Waals surface area contributed by atoms with Crippen molar-refractivity contribution in [2.24, 2.45) is 0 Å². The number of benzene rings is 1. The number of nitrogens with one attached hydrogen (secondary N) is 2. The van der Waals surface area contributed by atoms with Crippen LogP contribution in [0.3, 0.4) is 0 Å². The highest BCUT2D eigenvalue weighted by Crippen LogP contribution is 2.40. The fourth-order valence-electron chi connectivity index (χ4n) is 4.86. The van der Waals surface area contributed by atoms with Gasteiger partial charge in [0.2, 0.25) is 11.8 Å². The number of carbonyl (C=O) groups excluding carboxylic acids is 1. The number of rotatable bonds is 9. The van der Waals surface area contributed by atoms with E-state index >= 15 is 0 Å². The van der Waals surface area contributed by atoms with E-state index in [2.05, 4.69) is 20.6 Å². The fourth-order valence-corrected chi connectivity index (χ4v) is 4.86. The molecule has 3 heterocycles. The van der Waals surface area contributed by atoms with Crippen molar-refractivity contribution in [3.05, 3.63) is 71.8 Å². The highest BCUT2D eigenvalue weighted by molar-refractivity contribution is 5.89. The summed E-state index contributed by atoms with van der Waals surface area (Å²) in [5, 5.41) is 20.2. The highest BCUT2D eigenvalue weighted by atomic mass is 19.4. The van der Waals surface area contributed by atoms with Crippen LogP contribution in [0.1, 0.15) is 30.9 Å². The first-order valence-electron chi connectivity index (χ1n) is 15.3. The summed E-state index contributed by atoms with van der Waals surface area (Å²) in [6.45, 7) is 3.89. The molecule has 53 heavy (non-hydrogen) atoms. The number of alkyl halides is 9. The number of pyridine rings is 2. The second kappa shape index (κ2) is 18.5. The number of aliphatic carboxylic acids is 2. The number of anilines is 1. The third-order valence-corrected chi connectivity index (χ3v) is 7.46. The summed E-state index contributed by atoms with van der Waals surface area (Å²) < 4.78 is 123. The van der Waals surface area contributed by atoms with Crippen LogP contribution >= 0.6 is 0 Å². The van der Waals surface area contributed by atoms with E-state index in [9.17, 15) is 48.7 Å². The molecule has 0 aliphatic carbocycles. The van der Waals surface area contributed by atoms with Gasteiger partial charge in [-0.1, -0.05) is 6.07 Å². The molecule has 0 saturated carbocycles. The molecule has 1 aliphatic heterocycles. The van der Waals surface area contributed by atoms with Gasteiger partial charge < -0.3 is 30.5 Å². The Morgan fingerprint density at radius 2 is 1.47 bits per heavy atom.